The quantitative estimate of drug-likeness (QED) is 0.621. The molecule has 0 unspecified atom stereocenters. The summed E-state index contributed by atoms with van der Waals surface area (Å²) in [5.74, 6) is -0.268. The molecule has 98 valence electrons. The first-order valence-electron chi connectivity index (χ1n) is 5.92. The average molecular weight is 274 g/mol. The van der Waals surface area contributed by atoms with Gasteiger partial charge in [0.05, 0.1) is 17.8 Å². The van der Waals surface area contributed by atoms with Gasteiger partial charge in [-0.05, 0) is 19.1 Å². The van der Waals surface area contributed by atoms with E-state index in [2.05, 4.69) is 9.97 Å². The molecule has 0 fully saturated rings. The van der Waals surface area contributed by atoms with Gasteiger partial charge in [0.2, 0.25) is 0 Å². The number of pyridine rings is 1. The molecule has 4 nitrogen and oxygen atoms in total. The SMILES string of the molecule is C/C=C/COC(=O)Cc1csc(-c2ccccn2)n1. The van der Waals surface area contributed by atoms with Crippen molar-refractivity contribution in [1.82, 2.24) is 9.97 Å². The summed E-state index contributed by atoms with van der Waals surface area (Å²) in [7, 11) is 0. The van der Waals surface area contributed by atoms with E-state index in [0.717, 1.165) is 16.4 Å². The summed E-state index contributed by atoms with van der Waals surface area (Å²) in [6.45, 7) is 2.19. The maximum Gasteiger partial charge on any atom is 0.312 e. The zero-order valence-electron chi connectivity index (χ0n) is 10.6. The van der Waals surface area contributed by atoms with Gasteiger partial charge >= 0.3 is 5.97 Å². The Morgan fingerprint density at radius 3 is 3.11 bits per heavy atom. The monoisotopic (exact) mass is 274 g/mol. The number of hydrogen-bond acceptors (Lipinski definition) is 5. The highest BCUT2D eigenvalue weighted by Gasteiger charge is 2.09. The van der Waals surface area contributed by atoms with E-state index in [4.69, 9.17) is 4.74 Å². The molecule has 2 aromatic rings. The number of aromatic nitrogens is 2. The van der Waals surface area contributed by atoms with Crippen molar-refractivity contribution in [1.29, 1.82) is 0 Å². The predicted molar refractivity (Wildman–Crippen MR) is 74.8 cm³/mol. The van der Waals surface area contributed by atoms with Gasteiger partial charge in [0.15, 0.2) is 0 Å². The minimum absolute atomic E-state index is 0.195. The molecule has 5 heteroatoms. The molecule has 0 atom stereocenters. The van der Waals surface area contributed by atoms with Crippen molar-refractivity contribution < 1.29 is 9.53 Å². The van der Waals surface area contributed by atoms with Gasteiger partial charge in [0.25, 0.3) is 0 Å². The molecular weight excluding hydrogens is 260 g/mol. The Balaban J connectivity index is 1.96. The van der Waals surface area contributed by atoms with Crippen LogP contribution in [0.1, 0.15) is 12.6 Å². The lowest BCUT2D eigenvalue weighted by molar-refractivity contribution is -0.141. The van der Waals surface area contributed by atoms with E-state index >= 15 is 0 Å². The lowest BCUT2D eigenvalue weighted by atomic mass is 10.3. The van der Waals surface area contributed by atoms with Crippen LogP contribution >= 0.6 is 11.3 Å². The second-order valence-corrected chi connectivity index (χ2v) is 4.65. The first-order chi connectivity index (χ1) is 9.29. The van der Waals surface area contributed by atoms with Crippen molar-refractivity contribution in [2.24, 2.45) is 0 Å². The minimum atomic E-state index is -0.268. The third kappa shape index (κ3) is 3.99. The highest BCUT2D eigenvalue weighted by atomic mass is 32.1. The zero-order valence-corrected chi connectivity index (χ0v) is 11.4. The van der Waals surface area contributed by atoms with Gasteiger partial charge in [-0.15, -0.1) is 11.3 Å². The van der Waals surface area contributed by atoms with Gasteiger partial charge in [-0.25, -0.2) is 4.98 Å². The van der Waals surface area contributed by atoms with Crippen molar-refractivity contribution in [3.8, 4) is 10.7 Å². The molecule has 0 amide bonds. The van der Waals surface area contributed by atoms with Crippen LogP contribution in [0.4, 0.5) is 0 Å². The fourth-order valence-electron chi connectivity index (χ4n) is 1.43. The van der Waals surface area contributed by atoms with Crippen LogP contribution in [0.25, 0.3) is 10.7 Å². The number of rotatable bonds is 5. The van der Waals surface area contributed by atoms with Crippen molar-refractivity contribution in [2.45, 2.75) is 13.3 Å². The summed E-state index contributed by atoms with van der Waals surface area (Å²) in [4.78, 5) is 20.1. The van der Waals surface area contributed by atoms with Gasteiger partial charge in [-0.3, -0.25) is 9.78 Å². The number of allylic oxidation sites excluding steroid dienone is 1. The first kappa shape index (κ1) is 13.4. The maximum atomic E-state index is 11.5. The van der Waals surface area contributed by atoms with E-state index in [9.17, 15) is 4.79 Å². The van der Waals surface area contributed by atoms with E-state index in [-0.39, 0.29) is 12.4 Å². The molecule has 2 heterocycles. The Hall–Kier alpha value is -2.01. The van der Waals surface area contributed by atoms with Crippen LogP contribution in [-0.2, 0) is 16.0 Å². The molecule has 0 radical (unpaired) electrons. The molecule has 0 spiro atoms. The molecular formula is C14H14N2O2S. The number of carbonyl (C=O) groups excluding carboxylic acids is 1. The Labute approximate surface area is 115 Å². The molecule has 2 rings (SSSR count). The van der Waals surface area contributed by atoms with Gasteiger partial charge in [0.1, 0.15) is 11.6 Å². The largest absolute Gasteiger partial charge is 0.461 e. The number of esters is 1. The number of ether oxygens (including phenoxy) is 1. The van der Waals surface area contributed by atoms with Crippen LogP contribution < -0.4 is 0 Å². The van der Waals surface area contributed by atoms with Gasteiger partial charge in [-0.2, -0.15) is 0 Å². The van der Waals surface area contributed by atoms with Crippen molar-refractivity contribution in [2.75, 3.05) is 6.61 Å². The van der Waals surface area contributed by atoms with Gasteiger partial charge < -0.3 is 4.74 Å². The van der Waals surface area contributed by atoms with Crippen LogP contribution in [-0.4, -0.2) is 22.5 Å². The zero-order chi connectivity index (χ0) is 13.5. The first-order valence-corrected chi connectivity index (χ1v) is 6.80. The number of carbonyl (C=O) groups is 1. The number of thiazole rings is 1. The van der Waals surface area contributed by atoms with Crippen molar-refractivity contribution in [3.05, 3.63) is 47.6 Å². The molecule has 2 aromatic heterocycles. The minimum Gasteiger partial charge on any atom is -0.461 e. The molecule has 0 aliphatic heterocycles. The Morgan fingerprint density at radius 2 is 2.37 bits per heavy atom. The molecule has 0 aliphatic carbocycles. The second kappa shape index (κ2) is 6.80. The topological polar surface area (TPSA) is 52.1 Å². The predicted octanol–water partition coefficient (Wildman–Crippen LogP) is 2.87. The molecule has 0 bridgehead atoms. The standard InChI is InChI=1S/C14H14N2O2S/c1-2-3-8-18-13(17)9-11-10-19-14(16-11)12-6-4-5-7-15-12/h2-7,10H,8-9H2,1H3/b3-2+. The average Bonchev–Trinajstić information content (AvgIpc) is 2.88. The smallest absolute Gasteiger partial charge is 0.312 e. The summed E-state index contributed by atoms with van der Waals surface area (Å²) in [6.07, 6.45) is 5.55. The molecule has 0 saturated heterocycles. The Kier molecular flexibility index (Phi) is 4.80. The molecule has 19 heavy (non-hydrogen) atoms. The second-order valence-electron chi connectivity index (χ2n) is 3.79. The maximum absolute atomic E-state index is 11.5. The summed E-state index contributed by atoms with van der Waals surface area (Å²) >= 11 is 1.48. The molecule has 0 aliphatic rings. The van der Waals surface area contributed by atoms with Crippen LogP contribution in [0.5, 0.6) is 0 Å². The van der Waals surface area contributed by atoms with Crippen LogP contribution in [0.2, 0.25) is 0 Å². The van der Waals surface area contributed by atoms with Gasteiger partial charge in [0, 0.05) is 11.6 Å². The summed E-state index contributed by atoms with van der Waals surface area (Å²) in [6, 6.07) is 5.67. The van der Waals surface area contributed by atoms with E-state index in [1.165, 1.54) is 11.3 Å². The molecule has 0 N–H and O–H groups in total. The van der Waals surface area contributed by atoms with Crippen LogP contribution in [0.15, 0.2) is 41.9 Å². The van der Waals surface area contributed by atoms with Crippen molar-refractivity contribution in [3.63, 3.8) is 0 Å². The number of hydrogen-bond donors (Lipinski definition) is 0. The lowest BCUT2D eigenvalue weighted by Gasteiger charge is -1.99. The summed E-state index contributed by atoms with van der Waals surface area (Å²) < 4.78 is 5.02. The normalized spacial score (nSPS) is 10.8. The Bertz CT molecular complexity index is 564. The highest BCUT2D eigenvalue weighted by molar-refractivity contribution is 7.13. The fraction of sp³-hybridized carbons (Fsp3) is 0.214. The third-order valence-electron chi connectivity index (χ3n) is 2.34. The van der Waals surface area contributed by atoms with E-state index in [1.54, 1.807) is 12.3 Å². The van der Waals surface area contributed by atoms with E-state index < -0.39 is 0 Å². The summed E-state index contributed by atoms with van der Waals surface area (Å²) in [5, 5.41) is 2.68. The van der Waals surface area contributed by atoms with Crippen molar-refractivity contribution >= 4 is 17.3 Å². The van der Waals surface area contributed by atoms with Gasteiger partial charge in [-0.1, -0.05) is 18.2 Å². The van der Waals surface area contributed by atoms with Crippen LogP contribution in [0, 0.1) is 0 Å². The van der Waals surface area contributed by atoms with Crippen LogP contribution in [0.3, 0.4) is 0 Å². The van der Waals surface area contributed by atoms with E-state index in [1.807, 2.05) is 36.6 Å². The van der Waals surface area contributed by atoms with E-state index in [0.29, 0.717) is 6.61 Å². The Morgan fingerprint density at radius 1 is 1.47 bits per heavy atom. The number of nitrogens with zero attached hydrogens (tertiary/aromatic N) is 2. The summed E-state index contributed by atoms with van der Waals surface area (Å²) in [5.41, 5.74) is 1.54. The third-order valence-corrected chi connectivity index (χ3v) is 3.25. The fourth-order valence-corrected chi connectivity index (χ4v) is 2.23. The lowest BCUT2D eigenvalue weighted by Crippen LogP contribution is -2.08. The molecule has 0 saturated carbocycles. The molecule has 0 aromatic carbocycles. The highest BCUT2D eigenvalue weighted by Crippen LogP contribution is 2.21.